The lowest BCUT2D eigenvalue weighted by Gasteiger charge is -2.31. The lowest BCUT2D eigenvalue weighted by atomic mass is 9.90. The zero-order chi connectivity index (χ0) is 20.0. The van der Waals surface area contributed by atoms with Crippen LogP contribution >= 0.6 is 0 Å². The fourth-order valence-corrected chi connectivity index (χ4v) is 4.02. The SMILES string of the molecule is CS(=O)(=O)Nc1ccc(/C=C/C(=O)N2CCC(Cc3ccccc3)CC2)cc1. The molecule has 1 aliphatic rings. The van der Waals surface area contributed by atoms with Crippen LogP contribution in [0.1, 0.15) is 24.0 Å². The third kappa shape index (κ3) is 6.23. The lowest BCUT2D eigenvalue weighted by molar-refractivity contribution is -0.127. The van der Waals surface area contributed by atoms with Crippen LogP contribution in [-0.4, -0.2) is 38.6 Å². The first-order valence-electron chi connectivity index (χ1n) is 9.48. The molecule has 28 heavy (non-hydrogen) atoms. The molecular weight excluding hydrogens is 372 g/mol. The number of nitrogens with one attached hydrogen (secondary N) is 1. The quantitative estimate of drug-likeness (QED) is 0.757. The number of amides is 1. The number of benzene rings is 2. The molecule has 0 unspecified atom stereocenters. The number of carbonyl (C=O) groups is 1. The Bertz CT molecular complexity index is 914. The van der Waals surface area contributed by atoms with E-state index < -0.39 is 10.0 Å². The van der Waals surface area contributed by atoms with Crippen LogP contribution in [0.3, 0.4) is 0 Å². The van der Waals surface area contributed by atoms with Gasteiger partial charge in [-0.1, -0.05) is 42.5 Å². The Morgan fingerprint density at radius 2 is 1.71 bits per heavy atom. The summed E-state index contributed by atoms with van der Waals surface area (Å²) in [5, 5.41) is 0. The van der Waals surface area contributed by atoms with Crippen molar-refractivity contribution in [1.82, 2.24) is 4.90 Å². The van der Waals surface area contributed by atoms with Crippen molar-refractivity contribution in [3.8, 4) is 0 Å². The minimum absolute atomic E-state index is 0.0245. The molecule has 2 aromatic carbocycles. The van der Waals surface area contributed by atoms with Crippen LogP contribution in [0.2, 0.25) is 0 Å². The number of piperidine rings is 1. The molecule has 0 bridgehead atoms. The fourth-order valence-electron chi connectivity index (χ4n) is 3.45. The number of likely N-dealkylation sites (tertiary alicyclic amines) is 1. The van der Waals surface area contributed by atoms with Crippen LogP contribution in [0.5, 0.6) is 0 Å². The maximum Gasteiger partial charge on any atom is 0.246 e. The van der Waals surface area contributed by atoms with Crippen LogP contribution < -0.4 is 4.72 Å². The maximum atomic E-state index is 12.4. The summed E-state index contributed by atoms with van der Waals surface area (Å²) in [4.78, 5) is 14.3. The zero-order valence-electron chi connectivity index (χ0n) is 16.0. The molecule has 0 spiro atoms. The van der Waals surface area contributed by atoms with Crippen LogP contribution in [0.25, 0.3) is 6.08 Å². The van der Waals surface area contributed by atoms with E-state index in [-0.39, 0.29) is 5.91 Å². The van der Waals surface area contributed by atoms with E-state index in [0.29, 0.717) is 11.6 Å². The topological polar surface area (TPSA) is 66.5 Å². The summed E-state index contributed by atoms with van der Waals surface area (Å²) >= 11 is 0. The van der Waals surface area contributed by atoms with Gasteiger partial charge in [-0.05, 0) is 54.5 Å². The van der Waals surface area contributed by atoms with Gasteiger partial charge in [-0.15, -0.1) is 0 Å². The van der Waals surface area contributed by atoms with Crippen molar-refractivity contribution in [3.63, 3.8) is 0 Å². The molecule has 0 aliphatic carbocycles. The van der Waals surface area contributed by atoms with E-state index in [0.717, 1.165) is 44.2 Å². The lowest BCUT2D eigenvalue weighted by Crippen LogP contribution is -2.37. The van der Waals surface area contributed by atoms with Crippen molar-refractivity contribution in [2.24, 2.45) is 5.92 Å². The number of hydrogen-bond acceptors (Lipinski definition) is 3. The Labute approximate surface area is 167 Å². The van der Waals surface area contributed by atoms with Gasteiger partial charge in [0.2, 0.25) is 15.9 Å². The highest BCUT2D eigenvalue weighted by Gasteiger charge is 2.21. The predicted octanol–water partition coefficient (Wildman–Crippen LogP) is 3.55. The summed E-state index contributed by atoms with van der Waals surface area (Å²) in [7, 11) is -3.28. The molecule has 0 atom stereocenters. The Hall–Kier alpha value is -2.60. The number of rotatable bonds is 6. The first kappa shape index (κ1) is 20.1. The van der Waals surface area contributed by atoms with Crippen LogP contribution in [0.4, 0.5) is 5.69 Å². The molecule has 1 fully saturated rings. The predicted molar refractivity (Wildman–Crippen MR) is 113 cm³/mol. The minimum Gasteiger partial charge on any atom is -0.339 e. The van der Waals surface area contributed by atoms with Gasteiger partial charge in [-0.3, -0.25) is 9.52 Å². The van der Waals surface area contributed by atoms with Crippen molar-refractivity contribution >= 4 is 27.7 Å². The molecule has 0 radical (unpaired) electrons. The molecule has 1 aliphatic heterocycles. The third-order valence-corrected chi connectivity index (χ3v) is 5.53. The van der Waals surface area contributed by atoms with E-state index >= 15 is 0 Å². The number of carbonyl (C=O) groups excluding carboxylic acids is 1. The van der Waals surface area contributed by atoms with Crippen molar-refractivity contribution in [1.29, 1.82) is 0 Å². The van der Waals surface area contributed by atoms with Gasteiger partial charge >= 0.3 is 0 Å². The molecule has 148 valence electrons. The molecule has 5 nitrogen and oxygen atoms in total. The summed E-state index contributed by atoms with van der Waals surface area (Å²) < 4.78 is 24.9. The van der Waals surface area contributed by atoms with Crippen LogP contribution in [0, 0.1) is 5.92 Å². The first-order chi connectivity index (χ1) is 13.4. The second-order valence-electron chi connectivity index (χ2n) is 7.29. The zero-order valence-corrected chi connectivity index (χ0v) is 16.9. The standard InChI is InChI=1S/C22H26N2O3S/c1-28(26,27)23-21-10-7-18(8-11-21)9-12-22(25)24-15-13-20(14-16-24)17-19-5-3-2-4-6-19/h2-12,20,23H,13-17H2,1H3/b12-9+. The Kier molecular flexibility index (Phi) is 6.52. The van der Waals surface area contributed by atoms with Gasteiger partial charge < -0.3 is 4.90 Å². The number of hydrogen-bond donors (Lipinski definition) is 1. The van der Waals surface area contributed by atoms with Crippen LogP contribution in [0.15, 0.2) is 60.7 Å². The Morgan fingerprint density at radius 1 is 1.07 bits per heavy atom. The molecule has 6 heteroatoms. The van der Waals surface area contributed by atoms with E-state index in [1.807, 2.05) is 11.0 Å². The van der Waals surface area contributed by atoms with E-state index in [9.17, 15) is 13.2 Å². The number of sulfonamides is 1. The van der Waals surface area contributed by atoms with E-state index in [4.69, 9.17) is 0 Å². The molecule has 2 aromatic rings. The van der Waals surface area contributed by atoms with Gasteiger partial charge in [-0.2, -0.15) is 0 Å². The molecule has 0 saturated carbocycles. The van der Waals surface area contributed by atoms with Crippen LogP contribution in [-0.2, 0) is 21.2 Å². The molecule has 1 N–H and O–H groups in total. The minimum atomic E-state index is -3.28. The molecule has 0 aromatic heterocycles. The highest BCUT2D eigenvalue weighted by atomic mass is 32.2. The smallest absolute Gasteiger partial charge is 0.246 e. The average molecular weight is 399 g/mol. The van der Waals surface area contributed by atoms with E-state index in [2.05, 4.69) is 29.0 Å². The first-order valence-corrected chi connectivity index (χ1v) is 11.4. The largest absolute Gasteiger partial charge is 0.339 e. The highest BCUT2D eigenvalue weighted by molar-refractivity contribution is 7.92. The molecule has 1 saturated heterocycles. The fraction of sp³-hybridized carbons (Fsp3) is 0.318. The van der Waals surface area contributed by atoms with Gasteiger partial charge in [-0.25, -0.2) is 8.42 Å². The van der Waals surface area contributed by atoms with Gasteiger partial charge in [0, 0.05) is 24.9 Å². The highest BCUT2D eigenvalue weighted by Crippen LogP contribution is 2.22. The summed E-state index contributed by atoms with van der Waals surface area (Å²) in [5.41, 5.74) is 2.72. The molecule has 1 amide bonds. The van der Waals surface area contributed by atoms with Gasteiger partial charge in [0.1, 0.15) is 0 Å². The van der Waals surface area contributed by atoms with E-state index in [1.165, 1.54) is 5.56 Å². The normalized spacial score (nSPS) is 15.7. The summed E-state index contributed by atoms with van der Waals surface area (Å²) in [6.45, 7) is 1.58. The molecule has 1 heterocycles. The van der Waals surface area contributed by atoms with Gasteiger partial charge in [0.05, 0.1) is 6.26 Å². The monoisotopic (exact) mass is 398 g/mol. The van der Waals surface area contributed by atoms with Crippen molar-refractivity contribution < 1.29 is 13.2 Å². The summed E-state index contributed by atoms with van der Waals surface area (Å²) in [6, 6.07) is 17.4. The van der Waals surface area contributed by atoms with E-state index in [1.54, 1.807) is 36.4 Å². The third-order valence-electron chi connectivity index (χ3n) is 4.93. The second-order valence-corrected chi connectivity index (χ2v) is 9.04. The summed E-state index contributed by atoms with van der Waals surface area (Å²) in [5.74, 6) is 0.654. The van der Waals surface area contributed by atoms with Crippen molar-refractivity contribution in [3.05, 3.63) is 71.8 Å². The molecular formula is C22H26N2O3S. The van der Waals surface area contributed by atoms with Crippen molar-refractivity contribution in [2.75, 3.05) is 24.1 Å². The van der Waals surface area contributed by atoms with Crippen molar-refractivity contribution in [2.45, 2.75) is 19.3 Å². The second kappa shape index (κ2) is 9.06. The average Bonchev–Trinajstić information content (AvgIpc) is 2.67. The number of anilines is 1. The van der Waals surface area contributed by atoms with Gasteiger partial charge in [0.25, 0.3) is 0 Å². The Morgan fingerprint density at radius 3 is 2.32 bits per heavy atom. The molecule has 3 rings (SSSR count). The Balaban J connectivity index is 1.48. The number of nitrogens with zero attached hydrogens (tertiary/aromatic N) is 1. The maximum absolute atomic E-state index is 12.4. The summed E-state index contributed by atoms with van der Waals surface area (Å²) in [6.07, 6.45) is 7.61. The van der Waals surface area contributed by atoms with Gasteiger partial charge in [0.15, 0.2) is 0 Å².